The standard InChI is InChI=1S/C24H33N3O4S/c1-16-15-17(2)19(4)23(18(16)3)32(29,30)25-20(5)24(28)27-13-11-26(12-14-27)21-7-9-22(31-6)10-8-21/h7-10,15,20,25H,11-14H2,1-6H3/t20-/m1/s1. The predicted molar refractivity (Wildman–Crippen MR) is 127 cm³/mol. The van der Waals surface area contributed by atoms with Gasteiger partial charge in [0.15, 0.2) is 0 Å². The first kappa shape index (κ1) is 24.1. The van der Waals surface area contributed by atoms with Crippen molar-refractivity contribution in [2.24, 2.45) is 0 Å². The number of aryl methyl sites for hydroxylation is 2. The first-order valence-corrected chi connectivity index (χ1v) is 12.3. The highest BCUT2D eigenvalue weighted by Gasteiger charge is 2.30. The van der Waals surface area contributed by atoms with Gasteiger partial charge in [-0.15, -0.1) is 0 Å². The fourth-order valence-electron chi connectivity index (χ4n) is 4.18. The van der Waals surface area contributed by atoms with Crippen molar-refractivity contribution in [2.75, 3.05) is 38.2 Å². The molecule has 0 bridgehead atoms. The van der Waals surface area contributed by atoms with Crippen LogP contribution in [0.3, 0.4) is 0 Å². The molecule has 1 aliphatic heterocycles. The Morgan fingerprint density at radius 1 is 0.969 bits per heavy atom. The van der Waals surface area contributed by atoms with Gasteiger partial charge in [0, 0.05) is 31.9 Å². The van der Waals surface area contributed by atoms with Gasteiger partial charge < -0.3 is 14.5 Å². The summed E-state index contributed by atoms with van der Waals surface area (Å²) in [6, 6.07) is 8.98. The van der Waals surface area contributed by atoms with Crippen molar-refractivity contribution >= 4 is 21.6 Å². The number of nitrogens with one attached hydrogen (secondary N) is 1. The molecule has 1 aliphatic rings. The average molecular weight is 460 g/mol. The van der Waals surface area contributed by atoms with Crippen LogP contribution in [0.25, 0.3) is 0 Å². The summed E-state index contributed by atoms with van der Waals surface area (Å²) in [5.41, 5.74) is 4.35. The van der Waals surface area contributed by atoms with Crippen LogP contribution in [0.2, 0.25) is 0 Å². The predicted octanol–water partition coefficient (Wildman–Crippen LogP) is 2.94. The van der Waals surface area contributed by atoms with E-state index in [9.17, 15) is 13.2 Å². The molecule has 0 aromatic heterocycles. The Morgan fingerprint density at radius 2 is 1.50 bits per heavy atom. The summed E-state index contributed by atoms with van der Waals surface area (Å²) in [7, 11) is -2.19. The van der Waals surface area contributed by atoms with Gasteiger partial charge in [-0.1, -0.05) is 6.07 Å². The fourth-order valence-corrected chi connectivity index (χ4v) is 5.99. The minimum atomic E-state index is -3.83. The molecule has 1 heterocycles. The highest BCUT2D eigenvalue weighted by Crippen LogP contribution is 2.26. The minimum Gasteiger partial charge on any atom is -0.497 e. The van der Waals surface area contributed by atoms with E-state index in [4.69, 9.17) is 4.74 Å². The number of sulfonamides is 1. The Morgan fingerprint density at radius 3 is 2.00 bits per heavy atom. The zero-order valence-corrected chi connectivity index (χ0v) is 20.5. The molecule has 0 spiro atoms. The van der Waals surface area contributed by atoms with E-state index in [0.717, 1.165) is 22.6 Å². The Bertz CT molecular complexity index is 1060. The van der Waals surface area contributed by atoms with E-state index >= 15 is 0 Å². The van der Waals surface area contributed by atoms with Gasteiger partial charge in [0.05, 0.1) is 18.0 Å². The summed E-state index contributed by atoms with van der Waals surface area (Å²) in [6.07, 6.45) is 0. The van der Waals surface area contributed by atoms with Crippen molar-refractivity contribution in [3.8, 4) is 5.75 Å². The van der Waals surface area contributed by atoms with E-state index in [1.807, 2.05) is 44.2 Å². The Balaban J connectivity index is 1.66. The van der Waals surface area contributed by atoms with Crippen LogP contribution in [0.1, 0.15) is 29.2 Å². The summed E-state index contributed by atoms with van der Waals surface area (Å²) in [6.45, 7) is 11.5. The second-order valence-corrected chi connectivity index (χ2v) is 10.1. The molecule has 1 fully saturated rings. The van der Waals surface area contributed by atoms with Crippen LogP contribution in [-0.2, 0) is 14.8 Å². The number of ether oxygens (including phenoxy) is 1. The van der Waals surface area contributed by atoms with Crippen molar-refractivity contribution in [2.45, 2.75) is 45.6 Å². The number of hydrogen-bond donors (Lipinski definition) is 1. The number of nitrogens with zero attached hydrogens (tertiary/aromatic N) is 2. The summed E-state index contributed by atoms with van der Waals surface area (Å²) in [5.74, 6) is 0.598. The summed E-state index contributed by atoms with van der Waals surface area (Å²) in [4.78, 5) is 17.2. The van der Waals surface area contributed by atoms with Gasteiger partial charge in [-0.2, -0.15) is 4.72 Å². The lowest BCUT2D eigenvalue weighted by molar-refractivity contribution is -0.132. The molecule has 174 valence electrons. The molecule has 1 N–H and O–H groups in total. The maximum atomic E-state index is 13.2. The lowest BCUT2D eigenvalue weighted by Crippen LogP contribution is -2.54. The molecule has 1 amide bonds. The number of carbonyl (C=O) groups excluding carboxylic acids is 1. The van der Waals surface area contributed by atoms with Crippen LogP contribution in [0.15, 0.2) is 35.2 Å². The molecule has 0 radical (unpaired) electrons. The number of benzene rings is 2. The molecule has 3 rings (SSSR count). The molecule has 1 atom stereocenters. The lowest BCUT2D eigenvalue weighted by Gasteiger charge is -2.37. The Kier molecular flexibility index (Phi) is 7.15. The van der Waals surface area contributed by atoms with Crippen LogP contribution in [0.5, 0.6) is 5.75 Å². The number of rotatable bonds is 6. The van der Waals surface area contributed by atoms with Crippen LogP contribution in [-0.4, -0.2) is 58.6 Å². The number of carbonyl (C=O) groups is 1. The maximum Gasteiger partial charge on any atom is 0.241 e. The first-order chi connectivity index (χ1) is 15.0. The number of anilines is 1. The molecule has 7 nitrogen and oxygen atoms in total. The van der Waals surface area contributed by atoms with Crippen molar-refractivity contribution in [3.63, 3.8) is 0 Å². The van der Waals surface area contributed by atoms with Crippen molar-refractivity contribution in [1.82, 2.24) is 9.62 Å². The van der Waals surface area contributed by atoms with Gasteiger partial charge in [0.2, 0.25) is 15.9 Å². The van der Waals surface area contributed by atoms with Crippen molar-refractivity contribution in [3.05, 3.63) is 52.6 Å². The minimum absolute atomic E-state index is 0.206. The van der Waals surface area contributed by atoms with Crippen LogP contribution in [0.4, 0.5) is 5.69 Å². The molecule has 2 aromatic carbocycles. The van der Waals surface area contributed by atoms with Crippen molar-refractivity contribution in [1.29, 1.82) is 0 Å². The van der Waals surface area contributed by atoms with E-state index in [1.54, 1.807) is 32.8 Å². The second-order valence-electron chi connectivity index (χ2n) is 8.44. The van der Waals surface area contributed by atoms with E-state index in [2.05, 4.69) is 9.62 Å². The number of methoxy groups -OCH3 is 1. The van der Waals surface area contributed by atoms with Gasteiger partial charge in [-0.3, -0.25) is 4.79 Å². The van der Waals surface area contributed by atoms with E-state index < -0.39 is 16.1 Å². The van der Waals surface area contributed by atoms with Gasteiger partial charge in [0.1, 0.15) is 5.75 Å². The monoisotopic (exact) mass is 459 g/mol. The van der Waals surface area contributed by atoms with Gasteiger partial charge in [0.25, 0.3) is 0 Å². The molecular formula is C24H33N3O4S. The topological polar surface area (TPSA) is 79.0 Å². The molecule has 0 aliphatic carbocycles. The first-order valence-electron chi connectivity index (χ1n) is 10.8. The quantitative estimate of drug-likeness (QED) is 0.719. The average Bonchev–Trinajstić information content (AvgIpc) is 2.77. The third-order valence-electron chi connectivity index (χ3n) is 6.30. The molecule has 0 unspecified atom stereocenters. The third-order valence-corrected chi connectivity index (χ3v) is 8.11. The summed E-state index contributed by atoms with van der Waals surface area (Å²) >= 11 is 0. The molecular weight excluding hydrogens is 426 g/mol. The highest BCUT2D eigenvalue weighted by atomic mass is 32.2. The number of hydrogen-bond acceptors (Lipinski definition) is 5. The van der Waals surface area contributed by atoms with Gasteiger partial charge in [-0.05, 0) is 81.1 Å². The van der Waals surface area contributed by atoms with Gasteiger partial charge >= 0.3 is 0 Å². The zero-order valence-electron chi connectivity index (χ0n) is 19.7. The molecule has 1 saturated heterocycles. The molecule has 32 heavy (non-hydrogen) atoms. The van der Waals surface area contributed by atoms with Crippen LogP contribution in [0, 0.1) is 27.7 Å². The fraction of sp³-hybridized carbons (Fsp3) is 0.458. The smallest absolute Gasteiger partial charge is 0.241 e. The van der Waals surface area contributed by atoms with Gasteiger partial charge in [-0.25, -0.2) is 8.42 Å². The summed E-state index contributed by atoms with van der Waals surface area (Å²) in [5, 5.41) is 0. The number of piperazine rings is 1. The Labute approximate surface area is 191 Å². The van der Waals surface area contributed by atoms with Crippen LogP contribution >= 0.6 is 0 Å². The normalized spacial score (nSPS) is 15.6. The SMILES string of the molecule is COc1ccc(N2CCN(C(=O)[C@@H](C)NS(=O)(=O)c3c(C)c(C)cc(C)c3C)CC2)cc1. The summed E-state index contributed by atoms with van der Waals surface area (Å²) < 4.78 is 34.1. The number of amides is 1. The third kappa shape index (κ3) is 4.91. The maximum absolute atomic E-state index is 13.2. The zero-order chi connectivity index (χ0) is 23.6. The molecule has 8 heteroatoms. The van der Waals surface area contributed by atoms with E-state index in [1.165, 1.54) is 0 Å². The molecule has 2 aromatic rings. The Hall–Kier alpha value is -2.58. The largest absolute Gasteiger partial charge is 0.497 e. The lowest BCUT2D eigenvalue weighted by atomic mass is 10.0. The van der Waals surface area contributed by atoms with Crippen LogP contribution < -0.4 is 14.4 Å². The molecule has 0 saturated carbocycles. The highest BCUT2D eigenvalue weighted by molar-refractivity contribution is 7.89. The van der Waals surface area contributed by atoms with Crippen molar-refractivity contribution < 1.29 is 17.9 Å². The van der Waals surface area contributed by atoms with E-state index in [0.29, 0.717) is 37.3 Å². The van der Waals surface area contributed by atoms with E-state index in [-0.39, 0.29) is 10.8 Å². The second kappa shape index (κ2) is 9.50.